The van der Waals surface area contributed by atoms with Crippen LogP contribution in [0.4, 0.5) is 0 Å². The summed E-state index contributed by atoms with van der Waals surface area (Å²) < 4.78 is 16.5. The fourth-order valence-corrected chi connectivity index (χ4v) is 2.00. The molecule has 0 aliphatic heterocycles. The van der Waals surface area contributed by atoms with Crippen LogP contribution < -0.4 is 5.32 Å². The van der Waals surface area contributed by atoms with Crippen molar-refractivity contribution in [3.63, 3.8) is 0 Å². The Morgan fingerprint density at radius 1 is 1.00 bits per heavy atom. The topological polar surface area (TPSA) is 39.7 Å². The summed E-state index contributed by atoms with van der Waals surface area (Å²) in [6.45, 7) is 8.64. The van der Waals surface area contributed by atoms with Gasteiger partial charge < -0.3 is 19.5 Å². The minimum atomic E-state index is -0.129. The minimum Gasteiger partial charge on any atom is -0.381 e. The molecule has 0 spiro atoms. The third kappa shape index (κ3) is 9.58. The van der Waals surface area contributed by atoms with E-state index in [2.05, 4.69) is 29.6 Å². The fourth-order valence-electron chi connectivity index (χ4n) is 2.00. The molecule has 0 amide bonds. The van der Waals surface area contributed by atoms with E-state index in [9.17, 15) is 0 Å². The summed E-state index contributed by atoms with van der Waals surface area (Å²) in [5.41, 5.74) is 1.31. The maximum absolute atomic E-state index is 5.61. The Kier molecular flexibility index (Phi) is 11.0. The number of ether oxygens (including phenoxy) is 3. The standard InChI is InChI=1S/C17H29NO3/c1-3-20-17(21-4-2)11-14-19-13-8-12-18-15-16-9-6-5-7-10-16/h5-7,9-10,17-18H,3-4,8,11-15H2,1-2H3. The average molecular weight is 295 g/mol. The summed E-state index contributed by atoms with van der Waals surface area (Å²) in [5, 5.41) is 3.41. The first kappa shape index (κ1) is 18.1. The molecule has 0 atom stereocenters. The van der Waals surface area contributed by atoms with Gasteiger partial charge in [0.15, 0.2) is 6.29 Å². The molecule has 0 bridgehead atoms. The summed E-state index contributed by atoms with van der Waals surface area (Å²) >= 11 is 0. The van der Waals surface area contributed by atoms with Crippen LogP contribution in [0.5, 0.6) is 0 Å². The van der Waals surface area contributed by atoms with Gasteiger partial charge in [-0.3, -0.25) is 0 Å². The monoisotopic (exact) mass is 295 g/mol. The molecule has 1 aromatic carbocycles. The molecule has 0 heterocycles. The van der Waals surface area contributed by atoms with Crippen molar-refractivity contribution in [3.8, 4) is 0 Å². The third-order valence-corrected chi connectivity index (χ3v) is 3.02. The first-order valence-corrected chi connectivity index (χ1v) is 7.92. The summed E-state index contributed by atoms with van der Waals surface area (Å²) in [6, 6.07) is 10.4. The zero-order chi connectivity index (χ0) is 15.2. The molecule has 4 nitrogen and oxygen atoms in total. The lowest BCUT2D eigenvalue weighted by molar-refractivity contribution is -0.146. The van der Waals surface area contributed by atoms with Gasteiger partial charge in [0.25, 0.3) is 0 Å². The molecule has 0 radical (unpaired) electrons. The molecular formula is C17H29NO3. The zero-order valence-corrected chi connectivity index (χ0v) is 13.3. The van der Waals surface area contributed by atoms with Gasteiger partial charge in [-0.25, -0.2) is 0 Å². The predicted molar refractivity (Wildman–Crippen MR) is 85.2 cm³/mol. The highest BCUT2D eigenvalue weighted by Gasteiger charge is 2.06. The second kappa shape index (κ2) is 12.8. The van der Waals surface area contributed by atoms with Gasteiger partial charge in [-0.1, -0.05) is 30.3 Å². The molecule has 21 heavy (non-hydrogen) atoms. The number of rotatable bonds is 13. The zero-order valence-electron chi connectivity index (χ0n) is 13.3. The van der Waals surface area contributed by atoms with Crippen LogP contribution in [0, 0.1) is 0 Å². The van der Waals surface area contributed by atoms with E-state index in [4.69, 9.17) is 14.2 Å². The van der Waals surface area contributed by atoms with Crippen LogP contribution in [0.25, 0.3) is 0 Å². The van der Waals surface area contributed by atoms with Gasteiger partial charge in [0, 0.05) is 32.8 Å². The van der Waals surface area contributed by atoms with E-state index in [0.29, 0.717) is 19.8 Å². The molecule has 0 aromatic heterocycles. The lowest BCUT2D eigenvalue weighted by Gasteiger charge is -2.16. The molecule has 1 aromatic rings. The van der Waals surface area contributed by atoms with Crippen molar-refractivity contribution < 1.29 is 14.2 Å². The van der Waals surface area contributed by atoms with E-state index in [-0.39, 0.29) is 6.29 Å². The van der Waals surface area contributed by atoms with Crippen LogP contribution in [0.3, 0.4) is 0 Å². The van der Waals surface area contributed by atoms with Gasteiger partial charge in [-0.05, 0) is 32.4 Å². The number of benzene rings is 1. The SMILES string of the molecule is CCOC(CCOCCCNCc1ccccc1)OCC. The molecule has 0 aliphatic carbocycles. The van der Waals surface area contributed by atoms with Gasteiger partial charge in [-0.2, -0.15) is 0 Å². The normalized spacial score (nSPS) is 11.2. The van der Waals surface area contributed by atoms with Crippen LogP contribution >= 0.6 is 0 Å². The van der Waals surface area contributed by atoms with Crippen LogP contribution in [0.15, 0.2) is 30.3 Å². The molecule has 1 N–H and O–H groups in total. The fraction of sp³-hybridized carbons (Fsp3) is 0.647. The summed E-state index contributed by atoms with van der Waals surface area (Å²) in [5.74, 6) is 0. The Labute approximate surface area is 128 Å². The van der Waals surface area contributed by atoms with Gasteiger partial charge in [0.2, 0.25) is 0 Å². The first-order chi connectivity index (χ1) is 10.4. The third-order valence-electron chi connectivity index (χ3n) is 3.02. The number of hydrogen-bond acceptors (Lipinski definition) is 4. The van der Waals surface area contributed by atoms with Crippen LogP contribution in [0.1, 0.15) is 32.3 Å². The van der Waals surface area contributed by atoms with Crippen molar-refractivity contribution >= 4 is 0 Å². The maximum atomic E-state index is 5.61. The van der Waals surface area contributed by atoms with E-state index in [1.165, 1.54) is 5.56 Å². The smallest absolute Gasteiger partial charge is 0.159 e. The van der Waals surface area contributed by atoms with E-state index >= 15 is 0 Å². The van der Waals surface area contributed by atoms with Gasteiger partial charge >= 0.3 is 0 Å². The van der Waals surface area contributed by atoms with E-state index in [1.54, 1.807) is 0 Å². The van der Waals surface area contributed by atoms with Crippen molar-refractivity contribution in [3.05, 3.63) is 35.9 Å². The van der Waals surface area contributed by atoms with Gasteiger partial charge in [-0.15, -0.1) is 0 Å². The molecular weight excluding hydrogens is 266 g/mol. The highest BCUT2D eigenvalue weighted by molar-refractivity contribution is 5.14. The van der Waals surface area contributed by atoms with Crippen molar-refractivity contribution in [2.45, 2.75) is 39.5 Å². The molecule has 0 fully saturated rings. The van der Waals surface area contributed by atoms with Crippen molar-refractivity contribution in [1.82, 2.24) is 5.32 Å². The van der Waals surface area contributed by atoms with Crippen molar-refractivity contribution in [1.29, 1.82) is 0 Å². The Hall–Kier alpha value is -0.940. The number of hydrogen-bond donors (Lipinski definition) is 1. The van der Waals surface area contributed by atoms with Crippen LogP contribution in [0.2, 0.25) is 0 Å². The molecule has 0 unspecified atom stereocenters. The minimum absolute atomic E-state index is 0.129. The maximum Gasteiger partial charge on any atom is 0.159 e. The largest absolute Gasteiger partial charge is 0.381 e. The Balaban J connectivity index is 1.92. The first-order valence-electron chi connectivity index (χ1n) is 7.92. The summed E-state index contributed by atoms with van der Waals surface area (Å²) in [7, 11) is 0. The Bertz CT molecular complexity index is 326. The second-order valence-electron chi connectivity index (χ2n) is 4.76. The van der Waals surface area contributed by atoms with Crippen molar-refractivity contribution in [2.24, 2.45) is 0 Å². The van der Waals surface area contributed by atoms with E-state index in [1.807, 2.05) is 19.9 Å². The second-order valence-corrected chi connectivity index (χ2v) is 4.76. The molecule has 0 saturated heterocycles. The Morgan fingerprint density at radius 3 is 2.38 bits per heavy atom. The molecule has 0 aliphatic rings. The van der Waals surface area contributed by atoms with Crippen LogP contribution in [-0.2, 0) is 20.8 Å². The highest BCUT2D eigenvalue weighted by atomic mass is 16.7. The lowest BCUT2D eigenvalue weighted by atomic mass is 10.2. The predicted octanol–water partition coefficient (Wildman–Crippen LogP) is 2.97. The van der Waals surface area contributed by atoms with Crippen molar-refractivity contribution in [2.75, 3.05) is 33.0 Å². The average Bonchev–Trinajstić information content (AvgIpc) is 2.51. The Morgan fingerprint density at radius 2 is 1.71 bits per heavy atom. The quantitative estimate of drug-likeness (QED) is 0.448. The summed E-state index contributed by atoms with van der Waals surface area (Å²) in [4.78, 5) is 0. The van der Waals surface area contributed by atoms with Gasteiger partial charge in [0.1, 0.15) is 0 Å². The molecule has 4 heteroatoms. The molecule has 120 valence electrons. The number of nitrogens with one attached hydrogen (secondary N) is 1. The molecule has 0 saturated carbocycles. The summed E-state index contributed by atoms with van der Waals surface area (Å²) in [6.07, 6.45) is 1.68. The molecule has 1 rings (SSSR count). The van der Waals surface area contributed by atoms with E-state index in [0.717, 1.165) is 32.5 Å². The highest BCUT2D eigenvalue weighted by Crippen LogP contribution is 2.01. The van der Waals surface area contributed by atoms with Crippen LogP contribution in [-0.4, -0.2) is 39.3 Å². The lowest BCUT2D eigenvalue weighted by Crippen LogP contribution is -2.20. The van der Waals surface area contributed by atoms with E-state index < -0.39 is 0 Å². The van der Waals surface area contributed by atoms with Gasteiger partial charge in [0.05, 0.1) is 6.61 Å².